The summed E-state index contributed by atoms with van der Waals surface area (Å²) in [4.78, 5) is 25.8. The number of aliphatic imine (C=N–C) groups is 1. The predicted octanol–water partition coefficient (Wildman–Crippen LogP) is 2.62. The second kappa shape index (κ2) is 6.86. The number of hydrogen-bond acceptors (Lipinski definition) is 4. The molecule has 1 aromatic rings. The molecule has 0 atom stereocenters. The first-order valence-electron chi connectivity index (χ1n) is 6.57. The van der Waals surface area contributed by atoms with Crippen LogP contribution in [0.3, 0.4) is 0 Å². The molecule has 19 heavy (non-hydrogen) atoms. The zero-order valence-electron chi connectivity index (χ0n) is 10.7. The third-order valence-corrected chi connectivity index (χ3v) is 3.49. The molecule has 1 aliphatic rings. The molecule has 1 aliphatic carbocycles. The van der Waals surface area contributed by atoms with Crippen molar-refractivity contribution in [3.05, 3.63) is 35.9 Å². The molecule has 100 valence electrons. The summed E-state index contributed by atoms with van der Waals surface area (Å²) in [5, 5.41) is 0. The largest absolute Gasteiger partial charge is 0.461 e. The van der Waals surface area contributed by atoms with E-state index in [1.807, 2.05) is 30.3 Å². The summed E-state index contributed by atoms with van der Waals surface area (Å²) in [5.41, 5.74) is 0.995. The Labute approximate surface area is 112 Å². The van der Waals surface area contributed by atoms with Crippen molar-refractivity contribution < 1.29 is 14.3 Å². The first-order valence-corrected chi connectivity index (χ1v) is 6.57. The SMILES string of the molecule is O=C=NC1CCC(C(=O)OCc2ccccc2)CC1. The minimum atomic E-state index is -0.141. The van der Waals surface area contributed by atoms with E-state index in [1.54, 1.807) is 6.08 Å². The molecule has 1 saturated carbocycles. The highest BCUT2D eigenvalue weighted by atomic mass is 16.5. The maximum atomic E-state index is 11.9. The lowest BCUT2D eigenvalue weighted by molar-refractivity contribution is -0.151. The molecule has 0 radical (unpaired) electrons. The molecule has 0 aliphatic heterocycles. The average Bonchev–Trinajstić information content (AvgIpc) is 2.47. The highest BCUT2D eigenvalue weighted by molar-refractivity contribution is 5.72. The van der Waals surface area contributed by atoms with Crippen molar-refractivity contribution in [1.82, 2.24) is 0 Å². The number of benzene rings is 1. The van der Waals surface area contributed by atoms with Crippen LogP contribution in [0.15, 0.2) is 35.3 Å². The van der Waals surface area contributed by atoms with Crippen LogP contribution in [0.4, 0.5) is 0 Å². The Morgan fingerprint density at radius 3 is 2.53 bits per heavy atom. The van der Waals surface area contributed by atoms with Crippen molar-refractivity contribution in [3.63, 3.8) is 0 Å². The van der Waals surface area contributed by atoms with Crippen molar-refractivity contribution >= 4 is 12.0 Å². The summed E-state index contributed by atoms with van der Waals surface area (Å²) in [7, 11) is 0. The second-order valence-electron chi connectivity index (χ2n) is 4.82. The van der Waals surface area contributed by atoms with Gasteiger partial charge in [0.1, 0.15) is 6.61 Å². The quantitative estimate of drug-likeness (QED) is 0.474. The molecule has 0 spiro atoms. The van der Waals surface area contributed by atoms with E-state index >= 15 is 0 Å². The lowest BCUT2D eigenvalue weighted by Gasteiger charge is -2.23. The summed E-state index contributed by atoms with van der Waals surface area (Å²) in [5.74, 6) is -0.195. The fourth-order valence-electron chi connectivity index (χ4n) is 2.36. The van der Waals surface area contributed by atoms with Crippen molar-refractivity contribution in [3.8, 4) is 0 Å². The number of nitrogens with zero attached hydrogens (tertiary/aromatic N) is 1. The van der Waals surface area contributed by atoms with E-state index in [9.17, 15) is 9.59 Å². The van der Waals surface area contributed by atoms with Gasteiger partial charge in [-0.2, -0.15) is 0 Å². The van der Waals surface area contributed by atoms with Crippen molar-refractivity contribution in [2.75, 3.05) is 0 Å². The van der Waals surface area contributed by atoms with E-state index < -0.39 is 0 Å². The van der Waals surface area contributed by atoms with E-state index in [1.165, 1.54) is 0 Å². The molecule has 0 unspecified atom stereocenters. The highest BCUT2D eigenvalue weighted by Crippen LogP contribution is 2.27. The number of rotatable bonds is 4. The smallest absolute Gasteiger partial charge is 0.309 e. The summed E-state index contributed by atoms with van der Waals surface area (Å²) in [6, 6.07) is 9.68. The third kappa shape index (κ3) is 4.04. The molecular formula is C15H17NO3. The Morgan fingerprint density at radius 2 is 1.89 bits per heavy atom. The van der Waals surface area contributed by atoms with E-state index in [0.717, 1.165) is 31.2 Å². The maximum Gasteiger partial charge on any atom is 0.309 e. The van der Waals surface area contributed by atoms with E-state index in [-0.39, 0.29) is 17.9 Å². The molecule has 2 rings (SSSR count). The number of carbonyl (C=O) groups is 1. The van der Waals surface area contributed by atoms with Gasteiger partial charge < -0.3 is 4.74 Å². The number of esters is 1. The molecule has 0 bridgehead atoms. The Kier molecular flexibility index (Phi) is 4.87. The van der Waals surface area contributed by atoms with Crippen molar-refractivity contribution in [2.45, 2.75) is 38.3 Å². The van der Waals surface area contributed by atoms with Gasteiger partial charge in [-0.25, -0.2) is 9.79 Å². The molecule has 4 nitrogen and oxygen atoms in total. The normalized spacial score (nSPS) is 22.3. The van der Waals surface area contributed by atoms with Gasteiger partial charge >= 0.3 is 5.97 Å². The van der Waals surface area contributed by atoms with Crippen LogP contribution in [0.25, 0.3) is 0 Å². The fraction of sp³-hybridized carbons (Fsp3) is 0.467. The number of hydrogen-bond donors (Lipinski definition) is 0. The number of carbonyl (C=O) groups excluding carboxylic acids is 2. The van der Waals surface area contributed by atoms with Gasteiger partial charge in [-0.1, -0.05) is 30.3 Å². The van der Waals surface area contributed by atoms with Gasteiger partial charge in [0.2, 0.25) is 6.08 Å². The average molecular weight is 259 g/mol. The summed E-state index contributed by atoms with van der Waals surface area (Å²) >= 11 is 0. The van der Waals surface area contributed by atoms with Crippen LogP contribution in [0.2, 0.25) is 0 Å². The lowest BCUT2D eigenvalue weighted by atomic mass is 9.86. The maximum absolute atomic E-state index is 11.9. The first-order chi connectivity index (χ1) is 9.29. The number of isocyanates is 1. The Morgan fingerprint density at radius 1 is 1.21 bits per heavy atom. The van der Waals surface area contributed by atoms with Gasteiger partial charge in [-0.15, -0.1) is 0 Å². The molecule has 0 N–H and O–H groups in total. The Hall–Kier alpha value is -1.93. The molecule has 0 heterocycles. The molecule has 1 fully saturated rings. The zero-order valence-corrected chi connectivity index (χ0v) is 10.7. The summed E-state index contributed by atoms with van der Waals surface area (Å²) in [6.07, 6.45) is 4.59. The standard InChI is InChI=1S/C15H17NO3/c17-11-16-14-8-6-13(7-9-14)15(18)19-10-12-4-2-1-3-5-12/h1-5,13-14H,6-10H2. The molecule has 1 aromatic carbocycles. The molecule has 4 heteroatoms. The van der Waals surface area contributed by atoms with Gasteiger partial charge in [0, 0.05) is 0 Å². The highest BCUT2D eigenvalue weighted by Gasteiger charge is 2.27. The van der Waals surface area contributed by atoms with E-state index in [4.69, 9.17) is 4.74 Å². The molecule has 0 saturated heterocycles. The van der Waals surface area contributed by atoms with Crippen LogP contribution in [0.5, 0.6) is 0 Å². The molecular weight excluding hydrogens is 242 g/mol. The van der Waals surface area contributed by atoms with E-state index in [0.29, 0.717) is 6.61 Å². The topological polar surface area (TPSA) is 55.7 Å². The van der Waals surface area contributed by atoms with Gasteiger partial charge in [0.05, 0.1) is 12.0 Å². The molecule has 0 amide bonds. The monoisotopic (exact) mass is 259 g/mol. The van der Waals surface area contributed by atoms with Crippen LogP contribution < -0.4 is 0 Å². The lowest BCUT2D eigenvalue weighted by Crippen LogP contribution is -2.25. The Bertz CT molecular complexity index is 458. The van der Waals surface area contributed by atoms with Crippen LogP contribution in [-0.2, 0) is 20.9 Å². The van der Waals surface area contributed by atoms with Crippen LogP contribution in [-0.4, -0.2) is 18.1 Å². The van der Waals surface area contributed by atoms with Crippen molar-refractivity contribution in [2.24, 2.45) is 10.9 Å². The van der Waals surface area contributed by atoms with Gasteiger partial charge in [-0.3, -0.25) is 4.79 Å². The fourth-order valence-corrected chi connectivity index (χ4v) is 2.36. The summed E-state index contributed by atoms with van der Waals surface area (Å²) in [6.45, 7) is 0.325. The zero-order chi connectivity index (χ0) is 13.5. The number of ether oxygens (including phenoxy) is 1. The minimum Gasteiger partial charge on any atom is -0.461 e. The summed E-state index contributed by atoms with van der Waals surface area (Å²) < 4.78 is 5.32. The van der Waals surface area contributed by atoms with Gasteiger partial charge in [-0.05, 0) is 31.2 Å². The minimum absolute atomic E-state index is 0.0377. The van der Waals surface area contributed by atoms with Gasteiger partial charge in [0.25, 0.3) is 0 Å². The van der Waals surface area contributed by atoms with Crippen molar-refractivity contribution in [1.29, 1.82) is 0 Å². The Balaban J connectivity index is 1.77. The predicted molar refractivity (Wildman–Crippen MR) is 70.1 cm³/mol. The molecule has 0 aromatic heterocycles. The first kappa shape index (κ1) is 13.5. The van der Waals surface area contributed by atoms with Crippen LogP contribution in [0, 0.1) is 5.92 Å². The van der Waals surface area contributed by atoms with Crippen LogP contribution in [0.1, 0.15) is 31.2 Å². The van der Waals surface area contributed by atoms with Gasteiger partial charge in [0.15, 0.2) is 0 Å². The van der Waals surface area contributed by atoms with Crippen LogP contribution >= 0.6 is 0 Å². The second-order valence-corrected chi connectivity index (χ2v) is 4.82. The van der Waals surface area contributed by atoms with E-state index in [2.05, 4.69) is 4.99 Å². The third-order valence-electron chi connectivity index (χ3n) is 3.49.